The van der Waals surface area contributed by atoms with E-state index >= 15 is 0 Å². The number of aryl methyl sites for hydroxylation is 1. The van der Waals surface area contributed by atoms with Gasteiger partial charge in [-0.15, -0.1) is 0 Å². The third-order valence-electron chi connectivity index (χ3n) is 7.05. The molecule has 1 aliphatic rings. The number of benzene rings is 1. The number of aromatic nitrogens is 2. The average molecular weight is 530 g/mol. The normalized spacial score (nSPS) is 17.9. The number of methoxy groups -OCH3 is 1. The van der Waals surface area contributed by atoms with Gasteiger partial charge in [0, 0.05) is 55.3 Å². The molecule has 3 rings (SSSR count). The van der Waals surface area contributed by atoms with Crippen LogP contribution in [0.25, 0.3) is 0 Å². The Labute approximate surface area is 220 Å². The van der Waals surface area contributed by atoms with Crippen LogP contribution < -0.4 is 15.4 Å². The highest BCUT2D eigenvalue weighted by atomic mass is 32.2. The monoisotopic (exact) mass is 529 g/mol. The Morgan fingerprint density at radius 1 is 1.27 bits per heavy atom. The van der Waals surface area contributed by atoms with Crippen LogP contribution in [0.5, 0.6) is 5.75 Å². The van der Waals surface area contributed by atoms with Crippen molar-refractivity contribution in [1.82, 2.24) is 14.7 Å². The number of anilines is 1. The standard InChI is InChI=1S/C27H39N5O4S/c1-18-11-12-23(15-24(18)36-6)30-13-14-31(20(3)16-30)26(33)17-32-22(5)21(4)27(29-32)19(2)9-8-10-25(28)37(7,34)35/h8-12,15,19-20H,13-14,16-17,28H2,1-7H3/b9-8-,25-10+/t19?,20-/m0/s1. The topological polar surface area (TPSA) is 111 Å². The lowest BCUT2D eigenvalue weighted by Crippen LogP contribution is -2.54. The van der Waals surface area contributed by atoms with Gasteiger partial charge in [-0.3, -0.25) is 9.48 Å². The number of nitrogens with two attached hydrogens (primary N) is 1. The van der Waals surface area contributed by atoms with E-state index in [1.165, 1.54) is 6.08 Å². The number of rotatable bonds is 8. The maximum atomic E-state index is 13.3. The molecule has 37 heavy (non-hydrogen) atoms. The molecule has 1 fully saturated rings. The van der Waals surface area contributed by atoms with Crippen LogP contribution in [0.3, 0.4) is 0 Å². The Morgan fingerprint density at radius 3 is 2.59 bits per heavy atom. The molecule has 1 amide bonds. The minimum atomic E-state index is -3.41. The summed E-state index contributed by atoms with van der Waals surface area (Å²) in [6, 6.07) is 6.27. The molecule has 0 saturated carbocycles. The number of carbonyl (C=O) groups excluding carboxylic acids is 1. The van der Waals surface area contributed by atoms with Crippen molar-refractivity contribution in [2.24, 2.45) is 5.73 Å². The zero-order valence-corrected chi connectivity index (χ0v) is 23.7. The molecule has 1 aromatic carbocycles. The molecule has 10 heteroatoms. The summed E-state index contributed by atoms with van der Waals surface area (Å²) in [6.45, 7) is 12.3. The van der Waals surface area contributed by atoms with Crippen molar-refractivity contribution in [3.63, 3.8) is 0 Å². The molecule has 1 aromatic heterocycles. The smallest absolute Gasteiger partial charge is 0.244 e. The summed E-state index contributed by atoms with van der Waals surface area (Å²) in [5.74, 6) is 0.827. The number of allylic oxidation sites excluding steroid dienone is 3. The van der Waals surface area contributed by atoms with Crippen LogP contribution in [0.1, 0.15) is 42.3 Å². The van der Waals surface area contributed by atoms with Crippen LogP contribution in [-0.2, 0) is 21.2 Å². The number of piperazine rings is 1. The lowest BCUT2D eigenvalue weighted by Gasteiger charge is -2.41. The molecule has 1 aliphatic heterocycles. The summed E-state index contributed by atoms with van der Waals surface area (Å²) in [4.78, 5) is 17.5. The van der Waals surface area contributed by atoms with E-state index in [-0.39, 0.29) is 29.4 Å². The molecule has 2 atom stereocenters. The number of carbonyl (C=O) groups is 1. The molecule has 9 nitrogen and oxygen atoms in total. The van der Waals surface area contributed by atoms with Crippen LogP contribution >= 0.6 is 0 Å². The summed E-state index contributed by atoms with van der Waals surface area (Å²) in [6.07, 6.45) is 5.93. The summed E-state index contributed by atoms with van der Waals surface area (Å²) in [5, 5.41) is 4.54. The summed E-state index contributed by atoms with van der Waals surface area (Å²) >= 11 is 0. The minimum Gasteiger partial charge on any atom is -0.496 e. The number of amides is 1. The number of sulfone groups is 1. The maximum absolute atomic E-state index is 13.3. The van der Waals surface area contributed by atoms with Gasteiger partial charge in [0.1, 0.15) is 17.3 Å². The van der Waals surface area contributed by atoms with E-state index in [4.69, 9.17) is 15.6 Å². The Bertz CT molecular complexity index is 1310. The molecule has 0 bridgehead atoms. The Balaban J connectivity index is 1.68. The second kappa shape index (κ2) is 11.4. The van der Waals surface area contributed by atoms with Gasteiger partial charge >= 0.3 is 0 Å². The average Bonchev–Trinajstić information content (AvgIpc) is 3.12. The first-order chi connectivity index (χ1) is 17.3. The van der Waals surface area contributed by atoms with Gasteiger partial charge in [-0.25, -0.2) is 8.42 Å². The predicted molar refractivity (Wildman–Crippen MR) is 147 cm³/mol. The van der Waals surface area contributed by atoms with Gasteiger partial charge in [0.15, 0.2) is 9.84 Å². The summed E-state index contributed by atoms with van der Waals surface area (Å²) < 4.78 is 30.2. The van der Waals surface area contributed by atoms with Gasteiger partial charge in [-0.2, -0.15) is 5.10 Å². The van der Waals surface area contributed by atoms with E-state index in [1.54, 1.807) is 17.9 Å². The highest BCUT2D eigenvalue weighted by Gasteiger charge is 2.29. The van der Waals surface area contributed by atoms with Gasteiger partial charge < -0.3 is 20.3 Å². The van der Waals surface area contributed by atoms with Crippen LogP contribution in [-0.4, -0.2) is 68.0 Å². The highest BCUT2D eigenvalue weighted by Crippen LogP contribution is 2.27. The number of nitrogens with zero attached hydrogens (tertiary/aromatic N) is 4. The van der Waals surface area contributed by atoms with Crippen LogP contribution in [0.2, 0.25) is 0 Å². The first kappa shape index (κ1) is 28.3. The van der Waals surface area contributed by atoms with Crippen molar-refractivity contribution in [2.75, 3.05) is 37.9 Å². The SMILES string of the molecule is COc1cc(N2CCN(C(=O)Cn3nc(C(C)/C=C\C=C(/N)S(C)(=O)=O)c(C)c3C)[C@@H](C)C2)ccc1C. The molecule has 2 heterocycles. The lowest BCUT2D eigenvalue weighted by atomic mass is 10.0. The van der Waals surface area contributed by atoms with Crippen LogP contribution in [0, 0.1) is 20.8 Å². The molecular weight excluding hydrogens is 490 g/mol. The van der Waals surface area contributed by atoms with Crippen molar-refractivity contribution in [3.8, 4) is 5.75 Å². The number of hydrogen-bond donors (Lipinski definition) is 1. The zero-order valence-electron chi connectivity index (χ0n) is 22.9. The Kier molecular flexibility index (Phi) is 8.73. The number of ether oxygens (including phenoxy) is 1. The van der Waals surface area contributed by atoms with Gasteiger partial charge in [-0.1, -0.05) is 25.1 Å². The second-order valence-corrected chi connectivity index (χ2v) is 11.8. The first-order valence-electron chi connectivity index (χ1n) is 12.4. The van der Waals surface area contributed by atoms with E-state index < -0.39 is 9.84 Å². The summed E-state index contributed by atoms with van der Waals surface area (Å²) in [7, 11) is -1.73. The van der Waals surface area contributed by atoms with Crippen molar-refractivity contribution in [2.45, 2.75) is 53.1 Å². The van der Waals surface area contributed by atoms with Crippen LogP contribution in [0.4, 0.5) is 5.69 Å². The van der Waals surface area contributed by atoms with Gasteiger partial charge in [0.2, 0.25) is 5.91 Å². The third kappa shape index (κ3) is 6.54. The molecule has 202 valence electrons. The third-order valence-corrected chi connectivity index (χ3v) is 8.04. The molecule has 0 aliphatic carbocycles. The fourth-order valence-corrected chi connectivity index (χ4v) is 4.89. The minimum absolute atomic E-state index is 0.0397. The van der Waals surface area contributed by atoms with E-state index in [0.717, 1.165) is 53.3 Å². The van der Waals surface area contributed by atoms with Crippen molar-refractivity contribution in [1.29, 1.82) is 0 Å². The highest BCUT2D eigenvalue weighted by molar-refractivity contribution is 7.94. The van der Waals surface area contributed by atoms with Crippen molar-refractivity contribution >= 4 is 21.4 Å². The first-order valence-corrected chi connectivity index (χ1v) is 14.3. The molecule has 1 saturated heterocycles. The Hall–Kier alpha value is -3.27. The molecule has 0 spiro atoms. The van der Waals surface area contributed by atoms with Gasteiger partial charge in [0.25, 0.3) is 0 Å². The van der Waals surface area contributed by atoms with Crippen molar-refractivity contribution in [3.05, 3.63) is 64.0 Å². The van der Waals surface area contributed by atoms with Gasteiger partial charge in [-0.05, 0) is 51.0 Å². The largest absolute Gasteiger partial charge is 0.496 e. The molecular formula is C27H39N5O4S. The predicted octanol–water partition coefficient (Wildman–Crippen LogP) is 3.06. The molecule has 2 aromatic rings. The van der Waals surface area contributed by atoms with Gasteiger partial charge in [0.05, 0.1) is 12.8 Å². The molecule has 0 radical (unpaired) electrons. The zero-order chi connectivity index (χ0) is 27.5. The van der Waals surface area contributed by atoms with E-state index in [2.05, 4.69) is 30.0 Å². The second-order valence-electron chi connectivity index (χ2n) is 9.80. The van der Waals surface area contributed by atoms with E-state index in [0.29, 0.717) is 6.54 Å². The van der Waals surface area contributed by atoms with E-state index in [9.17, 15) is 13.2 Å². The quantitative estimate of drug-likeness (QED) is 0.523. The van der Waals surface area contributed by atoms with Crippen molar-refractivity contribution < 1.29 is 17.9 Å². The molecule has 1 unspecified atom stereocenters. The lowest BCUT2D eigenvalue weighted by molar-refractivity contribution is -0.134. The summed E-state index contributed by atoms with van der Waals surface area (Å²) in [5.41, 5.74) is 10.6. The fourth-order valence-electron chi connectivity index (χ4n) is 4.56. The molecule has 2 N–H and O–H groups in total. The van der Waals surface area contributed by atoms with Crippen LogP contribution in [0.15, 0.2) is 41.5 Å². The Morgan fingerprint density at radius 2 is 1.97 bits per heavy atom. The van der Waals surface area contributed by atoms with E-state index in [1.807, 2.05) is 38.7 Å². The number of hydrogen-bond acceptors (Lipinski definition) is 7. The maximum Gasteiger partial charge on any atom is 0.244 e. The fraction of sp³-hybridized carbons (Fsp3) is 0.481.